The Morgan fingerprint density at radius 1 is 0.586 bits per heavy atom. The highest BCUT2D eigenvalue weighted by atomic mass is 16.2. The predicted molar refractivity (Wildman–Crippen MR) is 105 cm³/mol. The predicted octanol–water partition coefficient (Wildman–Crippen LogP) is 2.35. The molecule has 144 valence electrons. The molecule has 2 aliphatic heterocycles. The van der Waals surface area contributed by atoms with Gasteiger partial charge in [0.2, 0.25) is 0 Å². The van der Waals surface area contributed by atoms with Crippen molar-refractivity contribution in [3.8, 4) is 0 Å². The molecule has 0 spiro atoms. The second kappa shape index (κ2) is 6.67. The molecule has 2 aromatic rings. The molecule has 6 heteroatoms. The maximum atomic E-state index is 12.9. The fourth-order valence-corrected chi connectivity index (χ4v) is 3.95. The maximum Gasteiger partial charge on any atom is 0.256 e. The first-order valence-corrected chi connectivity index (χ1v) is 9.12. The lowest BCUT2D eigenvalue weighted by Crippen LogP contribution is -2.62. The van der Waals surface area contributed by atoms with E-state index >= 15 is 0 Å². The van der Waals surface area contributed by atoms with Crippen LogP contribution in [-0.4, -0.2) is 33.4 Å². The topological polar surface area (TPSA) is 74.8 Å². The molecule has 0 saturated carbocycles. The molecule has 0 bridgehead atoms. The van der Waals surface area contributed by atoms with Crippen LogP contribution in [0.3, 0.4) is 0 Å². The summed E-state index contributed by atoms with van der Waals surface area (Å²) in [6, 6.07) is 14.3. The van der Waals surface area contributed by atoms with Crippen molar-refractivity contribution < 1.29 is 19.2 Å². The Morgan fingerprint density at radius 2 is 0.931 bits per heavy atom. The van der Waals surface area contributed by atoms with Crippen molar-refractivity contribution in [2.45, 2.75) is 19.5 Å². The monoisotopic (exact) mass is 386 g/mol. The summed E-state index contributed by atoms with van der Waals surface area (Å²) in [5, 5.41) is 0. The number of imide groups is 2. The van der Waals surface area contributed by atoms with Gasteiger partial charge in [0.15, 0.2) is 5.66 Å². The van der Waals surface area contributed by atoms with Crippen LogP contribution in [-0.2, 0) is 24.8 Å². The smallest absolute Gasteiger partial charge is 0.256 e. The Bertz CT molecular complexity index is 1000. The van der Waals surface area contributed by atoms with Gasteiger partial charge in [-0.25, -0.2) is 9.80 Å². The van der Waals surface area contributed by atoms with Gasteiger partial charge in [-0.05, 0) is 13.8 Å². The zero-order valence-corrected chi connectivity index (χ0v) is 16.0. The molecule has 0 atom stereocenters. The minimum absolute atomic E-state index is 0.471. The van der Waals surface area contributed by atoms with E-state index < -0.39 is 29.3 Å². The summed E-state index contributed by atoms with van der Waals surface area (Å²) in [4.78, 5) is 53.4. The van der Waals surface area contributed by atoms with Crippen LogP contribution in [0.25, 0.3) is 0 Å². The average Bonchev–Trinajstić information content (AvgIpc) is 3.20. The van der Waals surface area contributed by atoms with Gasteiger partial charge in [0.1, 0.15) is 0 Å². The van der Waals surface area contributed by atoms with Crippen molar-refractivity contribution in [1.82, 2.24) is 9.80 Å². The SMILES string of the molecule is Cc1cccc(C(c2cccc(C)c2)(N2C(=O)C=CC2=O)N2C(=O)C=CC2=O)c1. The fourth-order valence-electron chi connectivity index (χ4n) is 3.95. The molecule has 0 aromatic heterocycles. The van der Waals surface area contributed by atoms with E-state index in [1.165, 1.54) is 0 Å². The lowest BCUT2D eigenvalue weighted by atomic mass is 9.85. The number of benzene rings is 2. The third-order valence-electron chi connectivity index (χ3n) is 5.11. The summed E-state index contributed by atoms with van der Waals surface area (Å²) in [6.07, 6.45) is 4.62. The van der Waals surface area contributed by atoms with E-state index in [9.17, 15) is 19.2 Å². The number of hydrogen-bond donors (Lipinski definition) is 0. The standard InChI is InChI=1S/C23H18N2O4/c1-15-5-3-7-17(13-15)23(18-8-4-6-16(2)14-18,24-19(26)9-10-20(24)27)25-21(28)11-12-22(25)29/h3-14H,1-2H3. The first kappa shape index (κ1) is 18.6. The molecular formula is C23H18N2O4. The van der Waals surface area contributed by atoms with Crippen LogP contribution in [0.1, 0.15) is 22.3 Å². The van der Waals surface area contributed by atoms with E-state index in [1.807, 2.05) is 26.0 Å². The van der Waals surface area contributed by atoms with E-state index in [0.29, 0.717) is 11.1 Å². The molecule has 0 N–H and O–H groups in total. The molecule has 0 fully saturated rings. The Labute approximate surface area is 167 Å². The van der Waals surface area contributed by atoms with Crippen LogP contribution in [0.15, 0.2) is 72.8 Å². The van der Waals surface area contributed by atoms with Gasteiger partial charge in [0.25, 0.3) is 23.6 Å². The molecule has 0 aliphatic carbocycles. The van der Waals surface area contributed by atoms with Crippen LogP contribution >= 0.6 is 0 Å². The van der Waals surface area contributed by atoms with Gasteiger partial charge >= 0.3 is 0 Å². The van der Waals surface area contributed by atoms with Crippen LogP contribution in [0, 0.1) is 13.8 Å². The number of carbonyl (C=O) groups is 4. The molecule has 4 amide bonds. The van der Waals surface area contributed by atoms with Gasteiger partial charge in [-0.3, -0.25) is 19.2 Å². The molecule has 6 nitrogen and oxygen atoms in total. The largest absolute Gasteiger partial charge is 0.269 e. The van der Waals surface area contributed by atoms with Crippen molar-refractivity contribution >= 4 is 23.6 Å². The van der Waals surface area contributed by atoms with Crippen LogP contribution < -0.4 is 0 Å². The molecule has 0 radical (unpaired) electrons. The van der Waals surface area contributed by atoms with Crippen molar-refractivity contribution in [3.63, 3.8) is 0 Å². The Morgan fingerprint density at radius 3 is 1.24 bits per heavy atom. The van der Waals surface area contributed by atoms with E-state index in [-0.39, 0.29) is 0 Å². The minimum Gasteiger partial charge on any atom is -0.269 e. The van der Waals surface area contributed by atoms with E-state index in [0.717, 1.165) is 45.2 Å². The minimum atomic E-state index is -1.74. The van der Waals surface area contributed by atoms with Crippen LogP contribution in [0.2, 0.25) is 0 Å². The highest BCUT2D eigenvalue weighted by Crippen LogP contribution is 2.43. The van der Waals surface area contributed by atoms with Gasteiger partial charge in [-0.1, -0.05) is 59.7 Å². The summed E-state index contributed by atoms with van der Waals surface area (Å²) < 4.78 is 0. The Kier molecular flexibility index (Phi) is 4.27. The van der Waals surface area contributed by atoms with Gasteiger partial charge in [0, 0.05) is 35.4 Å². The van der Waals surface area contributed by atoms with E-state index in [1.54, 1.807) is 36.4 Å². The van der Waals surface area contributed by atoms with Gasteiger partial charge in [0.05, 0.1) is 0 Å². The van der Waals surface area contributed by atoms with E-state index in [2.05, 4.69) is 0 Å². The fraction of sp³-hybridized carbons (Fsp3) is 0.130. The van der Waals surface area contributed by atoms with Gasteiger partial charge in [-0.2, -0.15) is 0 Å². The lowest BCUT2D eigenvalue weighted by Gasteiger charge is -2.46. The summed E-state index contributed by atoms with van der Waals surface area (Å²) in [5.41, 5.74) is 0.919. The molecule has 2 aliphatic rings. The first-order valence-electron chi connectivity index (χ1n) is 9.12. The number of carbonyl (C=O) groups excluding carboxylic acids is 4. The number of nitrogens with zero attached hydrogens (tertiary/aromatic N) is 2. The third-order valence-corrected chi connectivity index (χ3v) is 5.11. The second-order valence-electron chi connectivity index (χ2n) is 7.10. The van der Waals surface area contributed by atoms with Gasteiger partial charge in [-0.15, -0.1) is 0 Å². The third kappa shape index (κ3) is 2.72. The van der Waals surface area contributed by atoms with Crippen LogP contribution in [0.5, 0.6) is 0 Å². The van der Waals surface area contributed by atoms with E-state index in [4.69, 9.17) is 0 Å². The molecule has 4 rings (SSSR count). The van der Waals surface area contributed by atoms with Crippen LogP contribution in [0.4, 0.5) is 0 Å². The molecule has 0 saturated heterocycles. The summed E-state index contributed by atoms with van der Waals surface area (Å²) in [7, 11) is 0. The van der Waals surface area contributed by atoms with Gasteiger partial charge < -0.3 is 0 Å². The summed E-state index contributed by atoms with van der Waals surface area (Å²) >= 11 is 0. The maximum absolute atomic E-state index is 12.9. The Hall–Kier alpha value is -3.80. The molecule has 29 heavy (non-hydrogen) atoms. The second-order valence-corrected chi connectivity index (χ2v) is 7.10. The summed E-state index contributed by atoms with van der Waals surface area (Å²) in [5.74, 6) is -2.37. The molecule has 2 heterocycles. The van der Waals surface area contributed by atoms with Crippen molar-refractivity contribution in [2.75, 3.05) is 0 Å². The lowest BCUT2D eigenvalue weighted by molar-refractivity contribution is -0.161. The molecular weight excluding hydrogens is 368 g/mol. The van der Waals surface area contributed by atoms with Crippen molar-refractivity contribution in [2.24, 2.45) is 0 Å². The van der Waals surface area contributed by atoms with Crippen molar-refractivity contribution in [3.05, 3.63) is 95.1 Å². The average molecular weight is 386 g/mol. The highest BCUT2D eigenvalue weighted by Gasteiger charge is 2.56. The summed E-state index contributed by atoms with van der Waals surface area (Å²) in [6.45, 7) is 3.73. The normalized spacial score (nSPS) is 16.5. The highest BCUT2D eigenvalue weighted by molar-refractivity contribution is 6.17. The Balaban J connectivity index is 2.13. The first-order chi connectivity index (χ1) is 13.9. The molecule has 0 unspecified atom stereocenters. The number of aryl methyl sites for hydroxylation is 2. The van der Waals surface area contributed by atoms with Crippen molar-refractivity contribution in [1.29, 1.82) is 0 Å². The zero-order chi connectivity index (χ0) is 20.8. The number of hydrogen-bond acceptors (Lipinski definition) is 4. The number of amides is 4. The quantitative estimate of drug-likeness (QED) is 0.756. The molecule has 2 aromatic carbocycles. The number of rotatable bonds is 4. The zero-order valence-electron chi connectivity index (χ0n) is 16.0.